The molecule has 2 rings (SSSR count). The summed E-state index contributed by atoms with van der Waals surface area (Å²) in [6.45, 7) is 4.23. The molecule has 1 N–H and O–H groups in total. The van der Waals surface area contributed by atoms with Gasteiger partial charge >= 0.3 is 0 Å². The lowest BCUT2D eigenvalue weighted by atomic mass is 10.1. The summed E-state index contributed by atoms with van der Waals surface area (Å²) < 4.78 is 26.9. The average molecular weight is 494 g/mol. The van der Waals surface area contributed by atoms with Crippen molar-refractivity contribution in [2.75, 3.05) is 26.7 Å². The minimum Gasteiger partial charge on any atom is -0.354 e. The molecule has 2 aromatic carbocycles. The third kappa shape index (κ3) is 7.55. The molecule has 9 heteroatoms. The zero-order valence-corrected chi connectivity index (χ0v) is 20.9. The van der Waals surface area contributed by atoms with Crippen LogP contribution in [-0.4, -0.2) is 62.2 Å². The van der Waals surface area contributed by atoms with E-state index in [0.29, 0.717) is 31.0 Å². The van der Waals surface area contributed by atoms with E-state index in [-0.39, 0.29) is 17.3 Å². The molecule has 0 saturated heterocycles. The van der Waals surface area contributed by atoms with Crippen molar-refractivity contribution in [2.45, 2.75) is 44.0 Å². The Kier molecular flexibility index (Phi) is 10.3. The van der Waals surface area contributed by atoms with Crippen molar-refractivity contribution in [1.82, 2.24) is 14.5 Å². The van der Waals surface area contributed by atoms with Crippen LogP contribution in [0.5, 0.6) is 0 Å². The number of rotatable bonds is 12. The third-order valence-electron chi connectivity index (χ3n) is 5.30. The summed E-state index contributed by atoms with van der Waals surface area (Å²) in [6, 6.07) is 14.8. The van der Waals surface area contributed by atoms with Gasteiger partial charge in [0, 0.05) is 25.2 Å². The van der Waals surface area contributed by atoms with Crippen LogP contribution in [-0.2, 0) is 26.0 Å². The number of carbonyl (C=O) groups is 2. The summed E-state index contributed by atoms with van der Waals surface area (Å²) in [4.78, 5) is 27.6. The number of benzene rings is 2. The van der Waals surface area contributed by atoms with Crippen LogP contribution in [0, 0.1) is 0 Å². The number of sulfonamides is 1. The maximum atomic E-state index is 13.3. The van der Waals surface area contributed by atoms with Gasteiger partial charge in [0.15, 0.2) is 0 Å². The smallest absolute Gasteiger partial charge is 0.243 e. The number of carbonyl (C=O) groups excluding carboxylic acids is 2. The molecule has 1 atom stereocenters. The van der Waals surface area contributed by atoms with Gasteiger partial charge in [0.05, 0.1) is 11.4 Å². The lowest BCUT2D eigenvalue weighted by Gasteiger charge is -2.32. The summed E-state index contributed by atoms with van der Waals surface area (Å²) in [7, 11) is -2.54. The van der Waals surface area contributed by atoms with E-state index in [1.54, 1.807) is 0 Å². The van der Waals surface area contributed by atoms with Crippen LogP contribution < -0.4 is 5.32 Å². The van der Waals surface area contributed by atoms with Gasteiger partial charge in [-0.3, -0.25) is 9.59 Å². The maximum absolute atomic E-state index is 13.3. The van der Waals surface area contributed by atoms with Crippen LogP contribution in [0.25, 0.3) is 0 Å². The Bertz CT molecular complexity index is 1010. The number of halogens is 1. The summed E-state index contributed by atoms with van der Waals surface area (Å²) in [6.07, 6.45) is 1.75. The van der Waals surface area contributed by atoms with Gasteiger partial charge in [0.25, 0.3) is 0 Å². The van der Waals surface area contributed by atoms with Gasteiger partial charge in [-0.05, 0) is 49.1 Å². The van der Waals surface area contributed by atoms with Crippen LogP contribution in [0.1, 0.15) is 32.3 Å². The summed E-state index contributed by atoms with van der Waals surface area (Å²) in [5, 5.41) is 3.27. The highest BCUT2D eigenvalue weighted by atomic mass is 35.5. The first kappa shape index (κ1) is 26.8. The van der Waals surface area contributed by atoms with Gasteiger partial charge in [-0.15, -0.1) is 0 Å². The maximum Gasteiger partial charge on any atom is 0.243 e. The lowest BCUT2D eigenvalue weighted by Crippen LogP contribution is -2.52. The van der Waals surface area contributed by atoms with E-state index in [4.69, 9.17) is 11.6 Å². The van der Waals surface area contributed by atoms with Crippen molar-refractivity contribution in [3.8, 4) is 0 Å². The Balaban J connectivity index is 2.23. The van der Waals surface area contributed by atoms with E-state index in [1.807, 2.05) is 44.2 Å². The fraction of sp³-hybridized carbons (Fsp3) is 0.417. The van der Waals surface area contributed by atoms with E-state index in [1.165, 1.54) is 36.2 Å². The molecule has 0 aliphatic rings. The highest BCUT2D eigenvalue weighted by Gasteiger charge is 2.31. The molecule has 0 fully saturated rings. The van der Waals surface area contributed by atoms with Crippen molar-refractivity contribution >= 4 is 33.4 Å². The van der Waals surface area contributed by atoms with Gasteiger partial charge < -0.3 is 10.2 Å². The second kappa shape index (κ2) is 12.7. The molecule has 0 aliphatic heterocycles. The van der Waals surface area contributed by atoms with Crippen molar-refractivity contribution in [1.29, 1.82) is 0 Å². The first-order valence-electron chi connectivity index (χ1n) is 11.0. The molecule has 7 nitrogen and oxygen atoms in total. The summed E-state index contributed by atoms with van der Waals surface area (Å²) in [5.74, 6) is -0.659. The van der Waals surface area contributed by atoms with Crippen molar-refractivity contribution in [2.24, 2.45) is 0 Å². The fourth-order valence-corrected chi connectivity index (χ4v) is 4.66. The normalized spacial score (nSPS) is 12.4. The third-order valence-corrected chi connectivity index (χ3v) is 7.37. The van der Waals surface area contributed by atoms with Gasteiger partial charge in [0.2, 0.25) is 21.8 Å². The van der Waals surface area contributed by atoms with Crippen LogP contribution in [0.3, 0.4) is 0 Å². The summed E-state index contributed by atoms with van der Waals surface area (Å²) >= 11 is 5.86. The van der Waals surface area contributed by atoms with E-state index in [9.17, 15) is 18.0 Å². The Morgan fingerprint density at radius 2 is 1.67 bits per heavy atom. The van der Waals surface area contributed by atoms with Crippen LogP contribution in [0.2, 0.25) is 5.02 Å². The molecular weight excluding hydrogens is 462 g/mol. The van der Waals surface area contributed by atoms with E-state index >= 15 is 0 Å². The molecule has 180 valence electrons. The van der Waals surface area contributed by atoms with Crippen molar-refractivity contribution < 1.29 is 18.0 Å². The Morgan fingerprint density at radius 3 is 2.24 bits per heavy atom. The first-order chi connectivity index (χ1) is 15.7. The predicted molar refractivity (Wildman–Crippen MR) is 131 cm³/mol. The first-order valence-corrected chi connectivity index (χ1v) is 12.9. The SMILES string of the molecule is CCCNC(=O)[C@@H](CC)N(CCc1ccccc1)C(=O)CN(C)S(=O)(=O)c1ccc(Cl)cc1. The number of likely N-dealkylation sites (N-methyl/N-ethyl adjacent to an activating group) is 1. The number of hydrogen-bond acceptors (Lipinski definition) is 4. The molecule has 0 saturated carbocycles. The minimum atomic E-state index is -3.89. The van der Waals surface area contributed by atoms with Gasteiger partial charge in [-0.1, -0.05) is 55.8 Å². The second-order valence-electron chi connectivity index (χ2n) is 7.75. The fourth-order valence-electron chi connectivity index (χ4n) is 3.41. The van der Waals surface area contributed by atoms with Gasteiger partial charge in [-0.2, -0.15) is 4.31 Å². The van der Waals surface area contributed by atoms with Gasteiger partial charge in [-0.25, -0.2) is 8.42 Å². The van der Waals surface area contributed by atoms with Crippen LogP contribution in [0.4, 0.5) is 0 Å². The van der Waals surface area contributed by atoms with E-state index < -0.39 is 22.0 Å². The number of nitrogens with one attached hydrogen (secondary N) is 1. The number of nitrogens with zero attached hydrogens (tertiary/aromatic N) is 2. The zero-order valence-electron chi connectivity index (χ0n) is 19.3. The molecule has 0 aromatic heterocycles. The second-order valence-corrected chi connectivity index (χ2v) is 10.2. The average Bonchev–Trinajstić information content (AvgIpc) is 2.80. The van der Waals surface area contributed by atoms with E-state index in [2.05, 4.69) is 5.32 Å². The molecule has 2 aromatic rings. The number of hydrogen-bond donors (Lipinski definition) is 1. The Hall–Kier alpha value is -2.42. The zero-order chi connectivity index (χ0) is 24.4. The summed E-state index contributed by atoms with van der Waals surface area (Å²) in [5.41, 5.74) is 1.03. The Labute approximate surface area is 201 Å². The molecule has 0 aliphatic carbocycles. The largest absolute Gasteiger partial charge is 0.354 e. The monoisotopic (exact) mass is 493 g/mol. The molecule has 0 unspecified atom stereocenters. The predicted octanol–water partition coefficient (Wildman–Crippen LogP) is 3.34. The van der Waals surface area contributed by atoms with Crippen LogP contribution >= 0.6 is 11.6 Å². The molecule has 0 radical (unpaired) electrons. The molecule has 0 spiro atoms. The van der Waals surface area contributed by atoms with E-state index in [0.717, 1.165) is 16.3 Å². The molecule has 0 heterocycles. The molecule has 2 amide bonds. The molecular formula is C24H32ClN3O4S. The lowest BCUT2D eigenvalue weighted by molar-refractivity contribution is -0.140. The van der Waals surface area contributed by atoms with Crippen LogP contribution in [0.15, 0.2) is 59.5 Å². The van der Waals surface area contributed by atoms with Gasteiger partial charge in [0.1, 0.15) is 6.04 Å². The minimum absolute atomic E-state index is 0.0470. The quantitative estimate of drug-likeness (QED) is 0.491. The standard InChI is InChI=1S/C24H32ClN3O4S/c1-4-16-26-24(30)22(5-2)28(17-15-19-9-7-6-8-10-19)23(29)18-27(3)33(31,32)21-13-11-20(25)12-14-21/h6-14,22H,4-5,15-18H2,1-3H3,(H,26,30)/t22-/m1/s1. The molecule has 33 heavy (non-hydrogen) atoms. The molecule has 0 bridgehead atoms. The van der Waals surface area contributed by atoms with Crippen molar-refractivity contribution in [3.63, 3.8) is 0 Å². The highest BCUT2D eigenvalue weighted by molar-refractivity contribution is 7.89. The van der Waals surface area contributed by atoms with Crippen molar-refractivity contribution in [3.05, 3.63) is 65.2 Å². The highest BCUT2D eigenvalue weighted by Crippen LogP contribution is 2.18. The number of amides is 2. The topological polar surface area (TPSA) is 86.8 Å². The Morgan fingerprint density at radius 1 is 1.03 bits per heavy atom.